The standard InChI is InChI=1S/C15H30N2O2S/c1-5-12(2)14-10-17(8-9-20(4,18)19)15(3,11-16-14)13-6-7-13/h12-14,16H,5-11H2,1-4H3. The molecular formula is C15H30N2O2S. The van der Waals surface area contributed by atoms with Crippen LogP contribution in [-0.2, 0) is 9.84 Å². The first-order valence-electron chi connectivity index (χ1n) is 7.92. The van der Waals surface area contributed by atoms with Gasteiger partial charge in [0, 0.05) is 37.5 Å². The maximum Gasteiger partial charge on any atom is 0.148 e. The van der Waals surface area contributed by atoms with Gasteiger partial charge in [0.15, 0.2) is 0 Å². The first-order chi connectivity index (χ1) is 9.26. The van der Waals surface area contributed by atoms with E-state index >= 15 is 0 Å². The summed E-state index contributed by atoms with van der Waals surface area (Å²) >= 11 is 0. The molecule has 20 heavy (non-hydrogen) atoms. The molecule has 4 nitrogen and oxygen atoms in total. The predicted octanol–water partition coefficient (Wildman–Crippen LogP) is 1.52. The van der Waals surface area contributed by atoms with Gasteiger partial charge in [-0.05, 0) is 31.6 Å². The molecular weight excluding hydrogens is 272 g/mol. The van der Waals surface area contributed by atoms with Crippen molar-refractivity contribution in [3.05, 3.63) is 0 Å². The third-order valence-corrected chi connectivity index (χ3v) is 6.31. The van der Waals surface area contributed by atoms with Crippen LogP contribution in [0.4, 0.5) is 0 Å². The third kappa shape index (κ3) is 3.74. The molecule has 2 rings (SSSR count). The van der Waals surface area contributed by atoms with Gasteiger partial charge in [0.05, 0.1) is 5.75 Å². The van der Waals surface area contributed by atoms with Crippen LogP contribution in [0.3, 0.4) is 0 Å². The Bertz CT molecular complexity index is 433. The molecule has 1 saturated heterocycles. The second-order valence-electron chi connectivity index (χ2n) is 7.08. The number of nitrogens with one attached hydrogen (secondary N) is 1. The maximum absolute atomic E-state index is 11.5. The first-order valence-corrected chi connectivity index (χ1v) is 9.98. The van der Waals surface area contributed by atoms with E-state index in [-0.39, 0.29) is 11.3 Å². The Morgan fingerprint density at radius 3 is 2.55 bits per heavy atom. The molecule has 1 N–H and O–H groups in total. The molecule has 0 aromatic carbocycles. The van der Waals surface area contributed by atoms with Crippen molar-refractivity contribution < 1.29 is 8.42 Å². The van der Waals surface area contributed by atoms with E-state index in [1.165, 1.54) is 19.1 Å². The smallest absolute Gasteiger partial charge is 0.148 e. The molecule has 1 aliphatic heterocycles. The van der Waals surface area contributed by atoms with E-state index in [1.54, 1.807) is 0 Å². The Balaban J connectivity index is 2.06. The van der Waals surface area contributed by atoms with Gasteiger partial charge in [0.25, 0.3) is 0 Å². The molecule has 0 radical (unpaired) electrons. The number of hydrogen-bond donors (Lipinski definition) is 1. The molecule has 0 amide bonds. The van der Waals surface area contributed by atoms with Crippen molar-refractivity contribution in [3.63, 3.8) is 0 Å². The Morgan fingerprint density at radius 1 is 1.40 bits per heavy atom. The Kier molecular flexibility index (Phi) is 4.82. The maximum atomic E-state index is 11.5. The van der Waals surface area contributed by atoms with Crippen LogP contribution in [0, 0.1) is 11.8 Å². The van der Waals surface area contributed by atoms with Crippen LogP contribution in [0.5, 0.6) is 0 Å². The van der Waals surface area contributed by atoms with E-state index in [1.807, 2.05) is 0 Å². The summed E-state index contributed by atoms with van der Waals surface area (Å²) in [6.45, 7) is 9.48. The van der Waals surface area contributed by atoms with E-state index in [4.69, 9.17) is 0 Å². The quantitative estimate of drug-likeness (QED) is 0.808. The monoisotopic (exact) mass is 302 g/mol. The summed E-state index contributed by atoms with van der Waals surface area (Å²) in [5.41, 5.74) is 0.147. The highest BCUT2D eigenvalue weighted by Crippen LogP contribution is 2.44. The Morgan fingerprint density at radius 2 is 2.05 bits per heavy atom. The average molecular weight is 302 g/mol. The predicted molar refractivity (Wildman–Crippen MR) is 83.7 cm³/mol. The van der Waals surface area contributed by atoms with Gasteiger partial charge in [-0.15, -0.1) is 0 Å². The zero-order chi connectivity index (χ0) is 15.0. The summed E-state index contributed by atoms with van der Waals surface area (Å²) in [4.78, 5) is 2.46. The lowest BCUT2D eigenvalue weighted by Gasteiger charge is -2.50. The number of sulfone groups is 1. The van der Waals surface area contributed by atoms with E-state index in [0.29, 0.717) is 18.5 Å². The van der Waals surface area contributed by atoms with Gasteiger partial charge in [0.1, 0.15) is 9.84 Å². The van der Waals surface area contributed by atoms with Gasteiger partial charge in [-0.1, -0.05) is 20.3 Å². The fraction of sp³-hybridized carbons (Fsp3) is 1.00. The average Bonchev–Trinajstić information content (AvgIpc) is 3.20. The molecule has 3 atom stereocenters. The zero-order valence-corrected chi connectivity index (χ0v) is 14.2. The van der Waals surface area contributed by atoms with Crippen molar-refractivity contribution in [1.29, 1.82) is 0 Å². The summed E-state index contributed by atoms with van der Waals surface area (Å²) in [6.07, 6.45) is 5.09. The molecule has 2 fully saturated rings. The summed E-state index contributed by atoms with van der Waals surface area (Å²) in [5, 5.41) is 3.72. The Labute approximate surface area is 124 Å². The lowest BCUT2D eigenvalue weighted by Crippen LogP contribution is -2.66. The first kappa shape index (κ1) is 16.2. The molecule has 0 bridgehead atoms. The van der Waals surface area contributed by atoms with Crippen molar-refractivity contribution in [1.82, 2.24) is 10.2 Å². The lowest BCUT2D eigenvalue weighted by atomic mass is 9.86. The Hall–Kier alpha value is -0.130. The van der Waals surface area contributed by atoms with E-state index in [9.17, 15) is 8.42 Å². The second-order valence-corrected chi connectivity index (χ2v) is 9.34. The lowest BCUT2D eigenvalue weighted by molar-refractivity contribution is 0.0287. The minimum atomic E-state index is -2.88. The van der Waals surface area contributed by atoms with Crippen LogP contribution in [0.2, 0.25) is 0 Å². The second kappa shape index (κ2) is 5.93. The summed E-state index contributed by atoms with van der Waals surface area (Å²) in [7, 11) is -2.88. The van der Waals surface area contributed by atoms with Crippen LogP contribution in [0.1, 0.15) is 40.0 Å². The summed E-state index contributed by atoms with van der Waals surface area (Å²) < 4.78 is 23.0. The number of nitrogens with zero attached hydrogens (tertiary/aromatic N) is 1. The summed E-state index contributed by atoms with van der Waals surface area (Å²) in [6, 6.07) is 0.492. The molecule has 5 heteroatoms. The molecule has 1 saturated carbocycles. The molecule has 0 aromatic rings. The zero-order valence-electron chi connectivity index (χ0n) is 13.4. The number of piperazine rings is 1. The van der Waals surface area contributed by atoms with E-state index in [2.05, 4.69) is 31.0 Å². The fourth-order valence-electron chi connectivity index (χ4n) is 3.36. The molecule has 2 aliphatic rings. The van der Waals surface area contributed by atoms with Crippen molar-refractivity contribution >= 4 is 9.84 Å². The van der Waals surface area contributed by atoms with Crippen LogP contribution in [-0.4, -0.2) is 56.5 Å². The molecule has 1 heterocycles. The van der Waals surface area contributed by atoms with E-state index < -0.39 is 9.84 Å². The molecule has 1 aliphatic carbocycles. The van der Waals surface area contributed by atoms with Crippen molar-refractivity contribution in [2.45, 2.75) is 51.6 Å². The highest BCUT2D eigenvalue weighted by Gasteiger charge is 2.48. The summed E-state index contributed by atoms with van der Waals surface area (Å²) in [5.74, 6) is 1.66. The number of rotatable bonds is 6. The normalized spacial score (nSPS) is 34.1. The highest BCUT2D eigenvalue weighted by molar-refractivity contribution is 7.90. The van der Waals surface area contributed by atoms with Gasteiger partial charge in [-0.2, -0.15) is 0 Å². The highest BCUT2D eigenvalue weighted by atomic mass is 32.2. The third-order valence-electron chi connectivity index (χ3n) is 5.38. The largest absolute Gasteiger partial charge is 0.311 e. The minimum Gasteiger partial charge on any atom is -0.311 e. The van der Waals surface area contributed by atoms with Crippen molar-refractivity contribution in [3.8, 4) is 0 Å². The fourth-order valence-corrected chi connectivity index (χ4v) is 3.91. The van der Waals surface area contributed by atoms with Crippen LogP contribution in [0.25, 0.3) is 0 Å². The van der Waals surface area contributed by atoms with Gasteiger partial charge >= 0.3 is 0 Å². The molecule has 0 aromatic heterocycles. The SMILES string of the molecule is CCC(C)C1CN(CCS(C)(=O)=O)C(C)(C2CC2)CN1. The van der Waals surface area contributed by atoms with Gasteiger partial charge in [-0.25, -0.2) is 8.42 Å². The van der Waals surface area contributed by atoms with Gasteiger partial charge in [0.2, 0.25) is 0 Å². The van der Waals surface area contributed by atoms with Crippen LogP contribution in [0.15, 0.2) is 0 Å². The van der Waals surface area contributed by atoms with Crippen molar-refractivity contribution in [2.75, 3.05) is 31.6 Å². The van der Waals surface area contributed by atoms with Crippen molar-refractivity contribution in [2.24, 2.45) is 11.8 Å². The number of hydrogen-bond acceptors (Lipinski definition) is 4. The van der Waals surface area contributed by atoms with Gasteiger partial charge < -0.3 is 5.32 Å². The van der Waals surface area contributed by atoms with E-state index in [0.717, 1.165) is 25.4 Å². The molecule has 3 unspecified atom stereocenters. The van der Waals surface area contributed by atoms with Crippen LogP contribution < -0.4 is 5.32 Å². The minimum absolute atomic E-state index is 0.147. The molecule has 118 valence electrons. The topological polar surface area (TPSA) is 49.4 Å². The molecule has 0 spiro atoms. The van der Waals surface area contributed by atoms with Gasteiger partial charge in [-0.3, -0.25) is 4.90 Å². The van der Waals surface area contributed by atoms with Crippen LogP contribution >= 0.6 is 0 Å².